The number of amides is 1. The maximum atomic E-state index is 12.8. The number of hydrogen-bond donors (Lipinski definition) is 1. The van der Waals surface area contributed by atoms with Crippen LogP contribution in [0.5, 0.6) is 0 Å². The van der Waals surface area contributed by atoms with Crippen LogP contribution in [0.2, 0.25) is 0 Å². The number of piperidine rings is 1. The Labute approximate surface area is 160 Å². The van der Waals surface area contributed by atoms with Crippen molar-refractivity contribution in [1.82, 2.24) is 19.4 Å². The van der Waals surface area contributed by atoms with E-state index in [0.717, 1.165) is 64.0 Å². The third kappa shape index (κ3) is 4.21. The topological polar surface area (TPSA) is 77.0 Å². The lowest BCUT2D eigenvalue weighted by molar-refractivity contribution is -0.137. The number of pyridine rings is 1. The molecule has 6 heteroatoms. The minimum atomic E-state index is 0.137. The Morgan fingerprint density at radius 1 is 1.19 bits per heavy atom. The third-order valence-corrected chi connectivity index (χ3v) is 6.06. The lowest BCUT2D eigenvalue weighted by Crippen LogP contribution is -2.44. The van der Waals surface area contributed by atoms with Gasteiger partial charge in [0.2, 0.25) is 5.91 Å². The smallest absolute Gasteiger partial charge is 0.225 e. The number of nitrogens with two attached hydrogens (primary N) is 1. The first-order valence-electron chi connectivity index (χ1n) is 10.1. The molecule has 2 atom stereocenters. The molecule has 4 rings (SSSR count). The minimum Gasteiger partial charge on any atom is -0.342 e. The lowest BCUT2D eigenvalue weighted by atomic mass is 9.84. The summed E-state index contributed by atoms with van der Waals surface area (Å²) in [6.07, 6.45) is 13.6. The molecule has 1 amide bonds. The van der Waals surface area contributed by atoms with Gasteiger partial charge in [-0.3, -0.25) is 9.78 Å². The molecule has 0 radical (unpaired) electrons. The zero-order valence-corrected chi connectivity index (χ0v) is 15.8. The fourth-order valence-corrected chi connectivity index (χ4v) is 4.57. The molecule has 1 saturated heterocycles. The molecule has 27 heavy (non-hydrogen) atoms. The first-order valence-corrected chi connectivity index (χ1v) is 10.1. The molecule has 0 unspecified atom stereocenters. The normalized spacial score (nSPS) is 24.1. The van der Waals surface area contributed by atoms with E-state index in [2.05, 4.69) is 25.5 Å². The molecule has 0 aromatic carbocycles. The van der Waals surface area contributed by atoms with Crippen molar-refractivity contribution < 1.29 is 4.79 Å². The van der Waals surface area contributed by atoms with Crippen LogP contribution in [0.15, 0.2) is 36.9 Å². The van der Waals surface area contributed by atoms with Gasteiger partial charge in [0.25, 0.3) is 0 Å². The van der Waals surface area contributed by atoms with Crippen molar-refractivity contribution in [2.24, 2.45) is 11.7 Å². The van der Waals surface area contributed by atoms with Crippen molar-refractivity contribution in [2.45, 2.75) is 57.0 Å². The Morgan fingerprint density at radius 2 is 2.04 bits per heavy atom. The van der Waals surface area contributed by atoms with Crippen LogP contribution in [-0.2, 0) is 11.3 Å². The van der Waals surface area contributed by atoms with Gasteiger partial charge >= 0.3 is 0 Å². The van der Waals surface area contributed by atoms with Crippen LogP contribution >= 0.6 is 0 Å². The Hall–Kier alpha value is -2.21. The number of imidazole rings is 1. The molecule has 1 saturated carbocycles. The predicted molar refractivity (Wildman–Crippen MR) is 104 cm³/mol. The maximum absolute atomic E-state index is 12.8. The van der Waals surface area contributed by atoms with Gasteiger partial charge in [-0.15, -0.1) is 0 Å². The number of rotatable bonds is 4. The summed E-state index contributed by atoms with van der Waals surface area (Å²) >= 11 is 0. The number of aromatic nitrogens is 3. The van der Waals surface area contributed by atoms with E-state index < -0.39 is 0 Å². The van der Waals surface area contributed by atoms with Crippen molar-refractivity contribution in [3.63, 3.8) is 0 Å². The highest BCUT2D eigenvalue weighted by atomic mass is 16.2. The zero-order chi connectivity index (χ0) is 18.6. The highest BCUT2D eigenvalue weighted by Crippen LogP contribution is 2.30. The second kappa shape index (κ2) is 8.21. The highest BCUT2D eigenvalue weighted by molar-refractivity contribution is 5.79. The molecule has 144 valence electrons. The highest BCUT2D eigenvalue weighted by Gasteiger charge is 2.32. The van der Waals surface area contributed by atoms with Crippen molar-refractivity contribution in [3.8, 4) is 0 Å². The Morgan fingerprint density at radius 3 is 2.78 bits per heavy atom. The van der Waals surface area contributed by atoms with Crippen molar-refractivity contribution in [2.75, 3.05) is 13.1 Å². The summed E-state index contributed by atoms with van der Waals surface area (Å²) in [6.45, 7) is 2.45. The fourth-order valence-electron chi connectivity index (χ4n) is 4.57. The van der Waals surface area contributed by atoms with E-state index in [1.165, 1.54) is 5.56 Å². The van der Waals surface area contributed by atoms with Crippen LogP contribution in [0.4, 0.5) is 0 Å². The van der Waals surface area contributed by atoms with Crippen LogP contribution in [0.3, 0.4) is 0 Å². The molecule has 2 aromatic rings. The molecule has 2 aliphatic rings. The van der Waals surface area contributed by atoms with Crippen LogP contribution in [-0.4, -0.2) is 44.5 Å². The third-order valence-electron chi connectivity index (χ3n) is 6.06. The van der Waals surface area contributed by atoms with E-state index in [-0.39, 0.29) is 12.0 Å². The molecule has 2 aromatic heterocycles. The number of carbonyl (C=O) groups excluding carboxylic acids is 1. The second-order valence-electron chi connectivity index (χ2n) is 8.00. The maximum Gasteiger partial charge on any atom is 0.225 e. The van der Waals surface area contributed by atoms with Crippen molar-refractivity contribution >= 4 is 5.91 Å². The summed E-state index contributed by atoms with van der Waals surface area (Å²) in [5.74, 6) is 2.00. The summed E-state index contributed by atoms with van der Waals surface area (Å²) in [5.41, 5.74) is 7.25. The van der Waals surface area contributed by atoms with Gasteiger partial charge in [0.1, 0.15) is 5.82 Å². The molecule has 2 N–H and O–H groups in total. The average molecular weight is 367 g/mol. The van der Waals surface area contributed by atoms with Gasteiger partial charge < -0.3 is 15.2 Å². The van der Waals surface area contributed by atoms with Crippen LogP contribution < -0.4 is 5.73 Å². The Bertz CT molecular complexity index is 751. The van der Waals surface area contributed by atoms with Crippen LogP contribution in [0.1, 0.15) is 55.8 Å². The Balaban J connectivity index is 1.36. The van der Waals surface area contributed by atoms with E-state index in [1.807, 2.05) is 24.7 Å². The standard InChI is InChI=1S/C21H29N5O/c22-19-5-1-4-18(13-19)21(27)25-10-6-17(7-11-25)20-24-9-12-26(20)15-16-3-2-8-23-14-16/h2-3,8-9,12,14,17-19H,1,4-7,10-11,13,15,22H2/t18-,19+/m1/s1. The molecule has 2 fully saturated rings. The summed E-state index contributed by atoms with van der Waals surface area (Å²) in [4.78, 5) is 23.7. The number of nitrogens with zero attached hydrogens (tertiary/aromatic N) is 4. The summed E-state index contributed by atoms with van der Waals surface area (Å²) in [7, 11) is 0. The van der Waals surface area contributed by atoms with Gasteiger partial charge in [-0.1, -0.05) is 12.5 Å². The van der Waals surface area contributed by atoms with Crippen molar-refractivity contribution in [1.29, 1.82) is 0 Å². The van der Waals surface area contributed by atoms with Crippen LogP contribution in [0, 0.1) is 5.92 Å². The molecule has 1 aliphatic heterocycles. The summed E-state index contributed by atoms with van der Waals surface area (Å²) in [6, 6.07) is 4.25. The SMILES string of the molecule is N[C@H]1CCC[C@@H](C(=O)N2CCC(c3nccn3Cc3cccnc3)CC2)C1. The van der Waals surface area contributed by atoms with Gasteiger partial charge in [-0.25, -0.2) is 4.98 Å². The number of hydrogen-bond acceptors (Lipinski definition) is 4. The van der Waals surface area contributed by atoms with E-state index in [1.54, 1.807) is 6.20 Å². The Kier molecular flexibility index (Phi) is 5.53. The van der Waals surface area contributed by atoms with Gasteiger partial charge in [-0.05, 0) is 43.7 Å². The van der Waals surface area contributed by atoms with Gasteiger partial charge in [0, 0.05) is 55.8 Å². The number of likely N-dealkylation sites (tertiary alicyclic amines) is 1. The van der Waals surface area contributed by atoms with Gasteiger partial charge in [0.15, 0.2) is 0 Å². The van der Waals surface area contributed by atoms with Crippen LogP contribution in [0.25, 0.3) is 0 Å². The van der Waals surface area contributed by atoms with E-state index >= 15 is 0 Å². The van der Waals surface area contributed by atoms with Gasteiger partial charge in [0.05, 0.1) is 6.54 Å². The van der Waals surface area contributed by atoms with E-state index in [4.69, 9.17) is 5.73 Å². The summed E-state index contributed by atoms with van der Waals surface area (Å²) < 4.78 is 2.22. The molecule has 3 heterocycles. The van der Waals surface area contributed by atoms with Gasteiger partial charge in [-0.2, -0.15) is 0 Å². The van der Waals surface area contributed by atoms with Crippen molar-refractivity contribution in [3.05, 3.63) is 48.3 Å². The lowest BCUT2D eigenvalue weighted by Gasteiger charge is -2.36. The quantitative estimate of drug-likeness (QED) is 0.901. The summed E-state index contributed by atoms with van der Waals surface area (Å²) in [5, 5.41) is 0. The van der Waals surface area contributed by atoms with E-state index in [9.17, 15) is 4.79 Å². The molecule has 0 bridgehead atoms. The fraction of sp³-hybridized carbons (Fsp3) is 0.571. The first-order chi connectivity index (χ1) is 13.2. The molecule has 1 aliphatic carbocycles. The molecule has 0 spiro atoms. The molecular formula is C21H29N5O. The first kappa shape index (κ1) is 18.2. The van der Waals surface area contributed by atoms with E-state index in [0.29, 0.717) is 11.8 Å². The molecule has 6 nitrogen and oxygen atoms in total. The molecular weight excluding hydrogens is 338 g/mol. The minimum absolute atomic E-state index is 0.137. The number of carbonyl (C=O) groups is 1. The largest absolute Gasteiger partial charge is 0.342 e. The predicted octanol–water partition coefficient (Wildman–Crippen LogP) is 2.55. The second-order valence-corrected chi connectivity index (χ2v) is 8.00. The zero-order valence-electron chi connectivity index (χ0n) is 15.8. The monoisotopic (exact) mass is 367 g/mol. The average Bonchev–Trinajstić information content (AvgIpc) is 3.16.